The van der Waals surface area contributed by atoms with Crippen LogP contribution >= 0.6 is 0 Å². The van der Waals surface area contributed by atoms with Gasteiger partial charge in [0, 0.05) is 11.1 Å². The van der Waals surface area contributed by atoms with E-state index in [0.717, 1.165) is 23.2 Å². The van der Waals surface area contributed by atoms with Crippen molar-refractivity contribution in [2.24, 2.45) is 0 Å². The van der Waals surface area contributed by atoms with Gasteiger partial charge in [0.15, 0.2) is 0 Å². The Labute approximate surface area is 81.8 Å². The minimum Gasteiger partial charge on any atom is -0.472 e. The monoisotopic (exact) mass is 189 g/mol. The number of nitrogen functional groups attached to an aromatic ring is 1. The molecule has 0 unspecified atom stereocenters. The largest absolute Gasteiger partial charge is 0.472 e. The van der Waals surface area contributed by atoms with Crippen LogP contribution in [0, 0.1) is 0 Å². The zero-order chi connectivity index (χ0) is 9.97. The Kier molecular flexibility index (Phi) is 2.18. The summed E-state index contributed by atoms with van der Waals surface area (Å²) in [5, 5.41) is 0. The first-order valence-electron chi connectivity index (χ1n) is 4.45. The quantitative estimate of drug-likeness (QED) is 0.783. The van der Waals surface area contributed by atoms with Crippen molar-refractivity contribution in [3.05, 3.63) is 30.5 Å². The van der Waals surface area contributed by atoms with E-state index in [1.165, 1.54) is 6.33 Å². The number of hydrogen-bond donors (Lipinski definition) is 1. The van der Waals surface area contributed by atoms with Gasteiger partial charge in [-0.1, -0.05) is 6.92 Å². The van der Waals surface area contributed by atoms with Gasteiger partial charge in [0.25, 0.3) is 0 Å². The molecule has 0 spiro atoms. The molecular weight excluding hydrogens is 178 g/mol. The van der Waals surface area contributed by atoms with Crippen LogP contribution in [0.3, 0.4) is 0 Å². The Morgan fingerprint density at radius 1 is 1.43 bits per heavy atom. The lowest BCUT2D eigenvalue weighted by Gasteiger charge is -2.05. The molecule has 72 valence electrons. The van der Waals surface area contributed by atoms with Gasteiger partial charge in [-0.2, -0.15) is 0 Å². The van der Waals surface area contributed by atoms with Crippen LogP contribution in [-0.2, 0) is 6.42 Å². The third kappa shape index (κ3) is 1.35. The predicted molar refractivity (Wildman–Crippen MR) is 53.5 cm³/mol. The molecular formula is C10H11N3O. The Hall–Kier alpha value is -1.84. The molecule has 0 aliphatic rings. The van der Waals surface area contributed by atoms with Gasteiger partial charge in [-0.15, -0.1) is 0 Å². The molecule has 2 rings (SSSR count). The lowest BCUT2D eigenvalue weighted by atomic mass is 10.1. The van der Waals surface area contributed by atoms with Crippen molar-refractivity contribution < 1.29 is 4.42 Å². The number of furan rings is 1. The van der Waals surface area contributed by atoms with E-state index >= 15 is 0 Å². The molecule has 0 aliphatic carbocycles. The summed E-state index contributed by atoms with van der Waals surface area (Å²) in [6, 6.07) is 1.86. The Balaban J connectivity index is 2.58. The maximum atomic E-state index is 5.76. The molecule has 2 aromatic heterocycles. The minimum absolute atomic E-state index is 0.540. The topological polar surface area (TPSA) is 64.9 Å². The molecule has 2 heterocycles. The van der Waals surface area contributed by atoms with Gasteiger partial charge in [-0.05, 0) is 12.5 Å². The summed E-state index contributed by atoms with van der Waals surface area (Å²) in [6.45, 7) is 2.03. The smallest absolute Gasteiger partial charge is 0.130 e. The van der Waals surface area contributed by atoms with Crippen LogP contribution in [0.15, 0.2) is 29.3 Å². The second-order valence-electron chi connectivity index (χ2n) is 2.95. The average Bonchev–Trinajstić information content (AvgIpc) is 2.70. The highest BCUT2D eigenvalue weighted by Crippen LogP contribution is 2.24. The van der Waals surface area contributed by atoms with E-state index in [1.54, 1.807) is 12.5 Å². The van der Waals surface area contributed by atoms with Crippen LogP contribution in [0.1, 0.15) is 12.5 Å². The van der Waals surface area contributed by atoms with E-state index in [0.29, 0.717) is 5.82 Å². The van der Waals surface area contributed by atoms with E-state index in [9.17, 15) is 0 Å². The molecule has 0 amide bonds. The van der Waals surface area contributed by atoms with Crippen molar-refractivity contribution >= 4 is 5.82 Å². The fraction of sp³-hybridized carbons (Fsp3) is 0.200. The van der Waals surface area contributed by atoms with Crippen LogP contribution in [-0.4, -0.2) is 9.97 Å². The Morgan fingerprint density at radius 2 is 2.29 bits per heavy atom. The summed E-state index contributed by atoms with van der Waals surface area (Å²) in [4.78, 5) is 8.16. The van der Waals surface area contributed by atoms with Gasteiger partial charge >= 0.3 is 0 Å². The molecule has 14 heavy (non-hydrogen) atoms. The molecule has 4 heteroatoms. The number of nitrogens with zero attached hydrogens (tertiary/aromatic N) is 2. The van der Waals surface area contributed by atoms with Crippen molar-refractivity contribution in [1.29, 1.82) is 0 Å². The predicted octanol–water partition coefficient (Wildman–Crippen LogP) is 1.88. The number of nitrogens with two attached hydrogens (primary N) is 1. The normalized spacial score (nSPS) is 10.4. The van der Waals surface area contributed by atoms with Gasteiger partial charge in [-0.3, -0.25) is 0 Å². The first-order chi connectivity index (χ1) is 6.83. The first-order valence-corrected chi connectivity index (χ1v) is 4.45. The summed E-state index contributed by atoms with van der Waals surface area (Å²) < 4.78 is 5.01. The molecule has 4 nitrogen and oxygen atoms in total. The summed E-state index contributed by atoms with van der Waals surface area (Å²) in [5.41, 5.74) is 8.52. The third-order valence-electron chi connectivity index (χ3n) is 2.13. The van der Waals surface area contributed by atoms with Crippen LogP contribution in [0.2, 0.25) is 0 Å². The molecule has 2 aromatic rings. The third-order valence-corrected chi connectivity index (χ3v) is 2.13. The van der Waals surface area contributed by atoms with E-state index in [1.807, 2.05) is 13.0 Å². The standard InChI is InChI=1S/C10H11N3O/c1-2-8-9(7-3-4-14-5-7)12-6-13-10(8)11/h3-6H,2H2,1H3,(H2,11,12,13). The number of aromatic nitrogens is 2. The minimum atomic E-state index is 0.540. The zero-order valence-corrected chi connectivity index (χ0v) is 7.90. The van der Waals surface area contributed by atoms with E-state index in [2.05, 4.69) is 9.97 Å². The number of anilines is 1. The average molecular weight is 189 g/mol. The molecule has 0 fully saturated rings. The molecule has 0 saturated heterocycles. The number of hydrogen-bond acceptors (Lipinski definition) is 4. The molecule has 2 N–H and O–H groups in total. The van der Waals surface area contributed by atoms with Gasteiger partial charge < -0.3 is 10.2 Å². The summed E-state index contributed by atoms with van der Waals surface area (Å²) in [7, 11) is 0. The lowest BCUT2D eigenvalue weighted by Crippen LogP contribution is -2.00. The van der Waals surface area contributed by atoms with Gasteiger partial charge in [0.1, 0.15) is 12.1 Å². The highest BCUT2D eigenvalue weighted by Gasteiger charge is 2.09. The van der Waals surface area contributed by atoms with Crippen LogP contribution in [0.25, 0.3) is 11.3 Å². The van der Waals surface area contributed by atoms with E-state index in [4.69, 9.17) is 10.2 Å². The highest BCUT2D eigenvalue weighted by molar-refractivity contribution is 5.66. The molecule has 0 aromatic carbocycles. The van der Waals surface area contributed by atoms with Crippen LogP contribution < -0.4 is 5.73 Å². The fourth-order valence-corrected chi connectivity index (χ4v) is 1.42. The van der Waals surface area contributed by atoms with Gasteiger partial charge in [-0.25, -0.2) is 9.97 Å². The Morgan fingerprint density at radius 3 is 2.93 bits per heavy atom. The van der Waals surface area contributed by atoms with Crippen molar-refractivity contribution in [3.63, 3.8) is 0 Å². The van der Waals surface area contributed by atoms with Crippen LogP contribution in [0.5, 0.6) is 0 Å². The van der Waals surface area contributed by atoms with E-state index < -0.39 is 0 Å². The molecule has 0 saturated carbocycles. The second kappa shape index (κ2) is 3.49. The zero-order valence-electron chi connectivity index (χ0n) is 7.90. The summed E-state index contributed by atoms with van der Waals surface area (Å²) >= 11 is 0. The van der Waals surface area contributed by atoms with Crippen molar-refractivity contribution in [3.8, 4) is 11.3 Å². The molecule has 0 atom stereocenters. The molecule has 0 radical (unpaired) electrons. The molecule has 0 bridgehead atoms. The van der Waals surface area contributed by atoms with E-state index in [-0.39, 0.29) is 0 Å². The van der Waals surface area contributed by atoms with Crippen LogP contribution in [0.4, 0.5) is 5.82 Å². The second-order valence-corrected chi connectivity index (χ2v) is 2.95. The number of rotatable bonds is 2. The summed E-state index contributed by atoms with van der Waals surface area (Å²) in [6.07, 6.45) is 5.55. The first kappa shape index (κ1) is 8.74. The Bertz CT molecular complexity index is 423. The maximum absolute atomic E-state index is 5.76. The highest BCUT2D eigenvalue weighted by atomic mass is 16.3. The summed E-state index contributed by atoms with van der Waals surface area (Å²) in [5.74, 6) is 0.540. The lowest BCUT2D eigenvalue weighted by molar-refractivity contribution is 0.568. The SMILES string of the molecule is CCc1c(N)ncnc1-c1ccoc1. The van der Waals surface area contributed by atoms with Crippen molar-refractivity contribution in [2.75, 3.05) is 5.73 Å². The van der Waals surface area contributed by atoms with Gasteiger partial charge in [0.05, 0.1) is 18.2 Å². The van der Waals surface area contributed by atoms with Crippen molar-refractivity contribution in [2.45, 2.75) is 13.3 Å². The van der Waals surface area contributed by atoms with Gasteiger partial charge in [0.2, 0.25) is 0 Å². The fourth-order valence-electron chi connectivity index (χ4n) is 1.42. The molecule has 0 aliphatic heterocycles. The van der Waals surface area contributed by atoms with Crippen molar-refractivity contribution in [1.82, 2.24) is 9.97 Å². The maximum Gasteiger partial charge on any atom is 0.130 e.